The summed E-state index contributed by atoms with van der Waals surface area (Å²) in [5.41, 5.74) is 9.61. The predicted molar refractivity (Wildman–Crippen MR) is 138 cm³/mol. The molecular weight excluding hydrogens is 394 g/mol. The Bertz CT molecular complexity index is 680. The molecule has 7 atom stereocenters. The summed E-state index contributed by atoms with van der Waals surface area (Å²) in [4.78, 5) is 0. The molecule has 0 amide bonds. The van der Waals surface area contributed by atoms with Gasteiger partial charge in [0.15, 0.2) is 0 Å². The Hall–Kier alpha value is -0.370. The largest absolute Gasteiger partial charge is 0.402 e. The number of rotatable bonds is 8. The van der Waals surface area contributed by atoms with Crippen LogP contribution in [0.5, 0.6) is 0 Å². The third-order valence-electron chi connectivity index (χ3n) is 10.3. The monoisotopic (exact) mass is 443 g/mol. The number of allylic oxidation sites excluding steroid dienone is 2. The van der Waals surface area contributed by atoms with Crippen molar-refractivity contribution in [2.45, 2.75) is 110 Å². The van der Waals surface area contributed by atoms with Gasteiger partial charge in [-0.15, -0.1) is 0 Å². The van der Waals surface area contributed by atoms with E-state index in [2.05, 4.69) is 52.1 Å². The second-order valence-corrected chi connectivity index (χ2v) is 13.9. The Morgan fingerprint density at radius 3 is 2.68 bits per heavy atom. The van der Waals surface area contributed by atoms with E-state index in [9.17, 15) is 0 Å². The molecule has 2 heteroatoms. The van der Waals surface area contributed by atoms with Crippen LogP contribution in [0.15, 0.2) is 23.9 Å². The Labute approximate surface area is 197 Å². The molecule has 0 aromatic rings. The van der Waals surface area contributed by atoms with Crippen LogP contribution < -0.4 is 5.73 Å². The first-order valence-corrected chi connectivity index (χ1v) is 14.5. The Morgan fingerprint density at radius 1 is 1.13 bits per heavy atom. The Balaban J connectivity index is 1.41. The highest BCUT2D eigenvalue weighted by Crippen LogP contribution is 2.67. The van der Waals surface area contributed by atoms with Crippen molar-refractivity contribution in [3.05, 3.63) is 23.9 Å². The average Bonchev–Trinajstić information content (AvgIpc) is 3.05. The van der Waals surface area contributed by atoms with Crippen LogP contribution in [0.4, 0.5) is 0 Å². The van der Waals surface area contributed by atoms with Crippen LogP contribution in [0.1, 0.15) is 105 Å². The lowest BCUT2D eigenvalue weighted by atomic mass is 9.47. The van der Waals surface area contributed by atoms with Crippen LogP contribution in [0.3, 0.4) is 0 Å². The second-order valence-electron chi connectivity index (χ2n) is 12.6. The van der Waals surface area contributed by atoms with Gasteiger partial charge in [-0.05, 0) is 98.2 Å². The molecule has 0 aliphatic heterocycles. The van der Waals surface area contributed by atoms with Crippen LogP contribution >= 0.6 is 11.8 Å². The number of thioether (sulfide) groups is 1. The summed E-state index contributed by atoms with van der Waals surface area (Å²) >= 11 is 2.05. The first kappa shape index (κ1) is 23.8. The molecule has 31 heavy (non-hydrogen) atoms. The van der Waals surface area contributed by atoms with E-state index in [4.69, 9.17) is 5.73 Å². The van der Waals surface area contributed by atoms with Crippen molar-refractivity contribution in [2.75, 3.05) is 5.75 Å². The minimum Gasteiger partial charge on any atom is -0.402 e. The molecule has 7 unspecified atom stereocenters. The third kappa shape index (κ3) is 4.67. The summed E-state index contributed by atoms with van der Waals surface area (Å²) in [6.07, 6.45) is 20.0. The second kappa shape index (κ2) is 9.47. The van der Waals surface area contributed by atoms with E-state index in [1.165, 1.54) is 77.0 Å². The molecule has 0 saturated heterocycles. The lowest BCUT2D eigenvalue weighted by molar-refractivity contribution is -0.0422. The van der Waals surface area contributed by atoms with Crippen LogP contribution in [-0.4, -0.2) is 11.0 Å². The van der Waals surface area contributed by atoms with E-state index in [-0.39, 0.29) is 0 Å². The van der Waals surface area contributed by atoms with Gasteiger partial charge in [0.1, 0.15) is 0 Å². The first-order valence-electron chi connectivity index (χ1n) is 13.5. The maximum Gasteiger partial charge on any atom is 0.0327 e. The lowest BCUT2D eigenvalue weighted by Crippen LogP contribution is -2.50. The van der Waals surface area contributed by atoms with Crippen LogP contribution in [0.2, 0.25) is 0 Å². The SMILES string of the molecule is C=C(N)CSC1CCC2(C)C(=CCC3C2CCC2(C)C(CCCCC(C)C)CCC32)C1. The first-order chi connectivity index (χ1) is 14.7. The van der Waals surface area contributed by atoms with Crippen molar-refractivity contribution in [3.63, 3.8) is 0 Å². The third-order valence-corrected chi connectivity index (χ3v) is 11.8. The number of fused-ring (bicyclic) bond motifs is 5. The zero-order valence-electron chi connectivity index (χ0n) is 20.9. The molecule has 0 spiro atoms. The van der Waals surface area contributed by atoms with E-state index in [0.717, 1.165) is 46.3 Å². The van der Waals surface area contributed by atoms with Gasteiger partial charge in [0, 0.05) is 16.7 Å². The minimum atomic E-state index is 0.483. The van der Waals surface area contributed by atoms with Gasteiger partial charge in [-0.25, -0.2) is 0 Å². The molecule has 4 rings (SSSR count). The van der Waals surface area contributed by atoms with Gasteiger partial charge >= 0.3 is 0 Å². The van der Waals surface area contributed by atoms with Crippen LogP contribution in [0, 0.1) is 40.4 Å². The van der Waals surface area contributed by atoms with Gasteiger partial charge in [-0.2, -0.15) is 11.8 Å². The molecule has 2 N–H and O–H groups in total. The van der Waals surface area contributed by atoms with Gasteiger partial charge in [0.25, 0.3) is 0 Å². The number of hydrogen-bond donors (Lipinski definition) is 1. The molecule has 0 aromatic heterocycles. The van der Waals surface area contributed by atoms with Crippen LogP contribution in [-0.2, 0) is 0 Å². The minimum absolute atomic E-state index is 0.483. The van der Waals surface area contributed by atoms with E-state index in [1.807, 2.05) is 5.57 Å². The quantitative estimate of drug-likeness (QED) is 0.301. The summed E-state index contributed by atoms with van der Waals surface area (Å²) in [5.74, 6) is 5.69. The molecule has 0 aromatic carbocycles. The maximum absolute atomic E-state index is 5.85. The van der Waals surface area contributed by atoms with Gasteiger partial charge in [0.2, 0.25) is 0 Å². The molecule has 3 fully saturated rings. The summed E-state index contributed by atoms with van der Waals surface area (Å²) < 4.78 is 0. The number of nitrogens with two attached hydrogens (primary N) is 1. The smallest absolute Gasteiger partial charge is 0.0327 e. The van der Waals surface area contributed by atoms with Gasteiger partial charge in [-0.1, -0.05) is 65.2 Å². The zero-order valence-corrected chi connectivity index (χ0v) is 21.7. The fourth-order valence-corrected chi connectivity index (χ4v) is 9.55. The summed E-state index contributed by atoms with van der Waals surface area (Å²) in [5, 5.41) is 0.756. The molecule has 4 aliphatic rings. The Kier molecular flexibility index (Phi) is 7.27. The molecule has 4 aliphatic carbocycles. The fraction of sp³-hybridized carbons (Fsp3) is 0.862. The van der Waals surface area contributed by atoms with Crippen molar-refractivity contribution in [2.24, 2.45) is 46.2 Å². The average molecular weight is 444 g/mol. The van der Waals surface area contributed by atoms with Crippen molar-refractivity contribution in [3.8, 4) is 0 Å². The predicted octanol–water partition coefficient (Wildman–Crippen LogP) is 8.36. The molecule has 3 saturated carbocycles. The molecular formula is C29H49NS. The topological polar surface area (TPSA) is 26.0 Å². The van der Waals surface area contributed by atoms with E-state index >= 15 is 0 Å². The normalized spacial score (nSPS) is 42.0. The zero-order chi connectivity index (χ0) is 22.2. The van der Waals surface area contributed by atoms with Crippen molar-refractivity contribution in [1.29, 1.82) is 0 Å². The van der Waals surface area contributed by atoms with Gasteiger partial charge in [-0.3, -0.25) is 0 Å². The number of hydrogen-bond acceptors (Lipinski definition) is 2. The number of unbranched alkanes of at least 4 members (excludes halogenated alkanes) is 1. The summed E-state index contributed by atoms with van der Waals surface area (Å²) in [7, 11) is 0. The highest BCUT2D eigenvalue weighted by molar-refractivity contribution is 8.00. The van der Waals surface area contributed by atoms with Crippen molar-refractivity contribution >= 4 is 11.8 Å². The molecule has 176 valence electrons. The van der Waals surface area contributed by atoms with Gasteiger partial charge < -0.3 is 5.73 Å². The van der Waals surface area contributed by atoms with Crippen molar-refractivity contribution in [1.82, 2.24) is 0 Å². The highest BCUT2D eigenvalue weighted by Gasteiger charge is 2.58. The van der Waals surface area contributed by atoms with Crippen molar-refractivity contribution < 1.29 is 0 Å². The molecule has 0 radical (unpaired) electrons. The van der Waals surface area contributed by atoms with Gasteiger partial charge in [0.05, 0.1) is 0 Å². The maximum atomic E-state index is 5.85. The lowest BCUT2D eigenvalue weighted by Gasteiger charge is -2.58. The van der Waals surface area contributed by atoms with E-state index in [0.29, 0.717) is 10.8 Å². The highest BCUT2D eigenvalue weighted by atomic mass is 32.2. The molecule has 1 nitrogen and oxygen atoms in total. The summed E-state index contributed by atoms with van der Waals surface area (Å²) in [6.45, 7) is 14.0. The van der Waals surface area contributed by atoms with E-state index < -0.39 is 0 Å². The Morgan fingerprint density at radius 2 is 1.94 bits per heavy atom. The fourth-order valence-electron chi connectivity index (χ4n) is 8.52. The molecule has 0 bridgehead atoms. The summed E-state index contributed by atoms with van der Waals surface area (Å²) in [6, 6.07) is 0. The van der Waals surface area contributed by atoms with Crippen LogP contribution in [0.25, 0.3) is 0 Å². The standard InChI is InChI=1S/C29H49NS/c1-20(2)8-6-7-9-22-11-13-26-25-12-10-23-18-24(31-19-21(3)30)14-16-29(23,5)27(25)15-17-28(22,26)4/h10,20,22,24-27H,3,6-9,11-19,30H2,1-2,4-5H3. The molecule has 0 heterocycles. The van der Waals surface area contributed by atoms with E-state index in [1.54, 1.807) is 0 Å².